The normalized spacial score (nSPS) is 17.3. The average Bonchev–Trinajstić information content (AvgIpc) is 2.49. The van der Waals surface area contributed by atoms with Crippen LogP contribution in [0.25, 0.3) is 10.9 Å². The number of benzene rings is 1. The van der Waals surface area contributed by atoms with Crippen LogP contribution in [0, 0.1) is 0 Å². The zero-order valence-corrected chi connectivity index (χ0v) is 12.3. The number of halogens is 1. The fraction of sp³-hybridized carbons (Fsp3) is 0.200. The van der Waals surface area contributed by atoms with Gasteiger partial charge in [0.15, 0.2) is 11.8 Å². The molecule has 1 aliphatic heterocycles. The highest BCUT2D eigenvalue weighted by Crippen LogP contribution is 2.38. The van der Waals surface area contributed by atoms with E-state index in [9.17, 15) is 14.7 Å². The van der Waals surface area contributed by atoms with Gasteiger partial charge in [-0.1, -0.05) is 17.7 Å². The minimum Gasteiger partial charge on any atom is -0.477 e. The number of ketones is 1. The van der Waals surface area contributed by atoms with Crippen molar-refractivity contribution in [3.63, 3.8) is 0 Å². The van der Waals surface area contributed by atoms with Gasteiger partial charge in [0.2, 0.25) is 5.78 Å². The molecule has 0 radical (unpaired) electrons. The lowest BCUT2D eigenvalue weighted by molar-refractivity contribution is -0.130. The smallest absolute Gasteiger partial charge is 0.353 e. The Morgan fingerprint density at radius 2 is 2.27 bits per heavy atom. The second kappa shape index (κ2) is 5.47. The Labute approximate surface area is 130 Å². The highest BCUT2D eigenvalue weighted by Gasteiger charge is 2.38. The summed E-state index contributed by atoms with van der Waals surface area (Å²) in [4.78, 5) is 32.3. The molecular weight excluding hydrogens is 308 g/mol. The summed E-state index contributed by atoms with van der Waals surface area (Å²) in [6.45, 7) is 1.85. The number of carboxylic acid groups (broad SMARTS) is 1. The van der Waals surface area contributed by atoms with E-state index in [4.69, 9.17) is 16.3 Å². The summed E-state index contributed by atoms with van der Waals surface area (Å²) in [7, 11) is 0. The molecule has 2 heterocycles. The van der Waals surface area contributed by atoms with Crippen molar-refractivity contribution in [1.82, 2.24) is 4.98 Å². The van der Waals surface area contributed by atoms with E-state index in [1.807, 2.05) is 0 Å². The van der Waals surface area contributed by atoms with E-state index in [1.165, 1.54) is 0 Å². The maximum Gasteiger partial charge on any atom is 0.353 e. The lowest BCUT2D eigenvalue weighted by atomic mass is 9.95. The molecule has 1 N–H and O–H groups in total. The Morgan fingerprint density at radius 1 is 1.50 bits per heavy atom. The summed E-state index contributed by atoms with van der Waals surface area (Å²) in [5, 5.41) is 10.2. The minimum atomic E-state index is -1.30. The van der Waals surface area contributed by atoms with E-state index in [0.29, 0.717) is 10.9 Å². The summed E-state index contributed by atoms with van der Waals surface area (Å²) in [6, 6.07) is 5.11. The second-order valence-corrected chi connectivity index (χ2v) is 5.07. The summed E-state index contributed by atoms with van der Waals surface area (Å²) in [6.07, 6.45) is 0.291. The third kappa shape index (κ3) is 2.17. The van der Waals surface area contributed by atoms with Crippen LogP contribution in [0.2, 0.25) is 5.02 Å². The zero-order valence-electron chi connectivity index (χ0n) is 11.5. The SMILES string of the molecule is CCOC1C(=O)c2c(Cl)cc3cccnc3c2N=C1C(=O)O. The monoisotopic (exact) mass is 318 g/mol. The van der Waals surface area contributed by atoms with Gasteiger partial charge in [-0.05, 0) is 19.1 Å². The van der Waals surface area contributed by atoms with E-state index in [2.05, 4.69) is 9.98 Å². The van der Waals surface area contributed by atoms with Crippen molar-refractivity contribution in [1.29, 1.82) is 0 Å². The van der Waals surface area contributed by atoms with Crippen LogP contribution < -0.4 is 0 Å². The summed E-state index contributed by atoms with van der Waals surface area (Å²) >= 11 is 6.19. The number of Topliss-reactive ketones (excluding diaryl/α,β-unsaturated/α-hetero) is 1. The third-order valence-electron chi connectivity index (χ3n) is 3.34. The van der Waals surface area contributed by atoms with Gasteiger partial charge in [-0.2, -0.15) is 0 Å². The lowest BCUT2D eigenvalue weighted by Gasteiger charge is -2.22. The number of aromatic nitrogens is 1. The van der Waals surface area contributed by atoms with Gasteiger partial charge < -0.3 is 9.84 Å². The molecule has 1 aromatic heterocycles. The van der Waals surface area contributed by atoms with Gasteiger partial charge in [0.05, 0.1) is 16.1 Å². The van der Waals surface area contributed by atoms with Crippen molar-refractivity contribution < 1.29 is 19.4 Å². The molecule has 7 heteroatoms. The first-order valence-corrected chi connectivity index (χ1v) is 6.97. The standard InChI is InChI=1S/C15H11ClN2O4/c1-2-22-14-12(15(20)21)18-11-9(13(14)19)8(16)6-7-4-3-5-17-10(7)11/h3-6,14H,2H2,1H3,(H,20,21). The first kappa shape index (κ1) is 14.6. The van der Waals surface area contributed by atoms with E-state index < -0.39 is 17.9 Å². The molecule has 1 aromatic carbocycles. The van der Waals surface area contributed by atoms with Crippen LogP contribution in [0.1, 0.15) is 17.3 Å². The predicted molar refractivity (Wildman–Crippen MR) is 81.2 cm³/mol. The number of carbonyl (C=O) groups excluding carboxylic acids is 1. The van der Waals surface area contributed by atoms with Crippen molar-refractivity contribution >= 4 is 45.7 Å². The number of carbonyl (C=O) groups is 2. The van der Waals surface area contributed by atoms with Crippen molar-refractivity contribution in [2.45, 2.75) is 13.0 Å². The molecule has 0 saturated carbocycles. The molecule has 0 spiro atoms. The van der Waals surface area contributed by atoms with Crippen LogP contribution in [0.15, 0.2) is 29.4 Å². The minimum absolute atomic E-state index is 0.149. The molecule has 3 rings (SSSR count). The Hall–Kier alpha value is -2.31. The summed E-state index contributed by atoms with van der Waals surface area (Å²) in [5.41, 5.74) is 0.412. The molecule has 1 atom stereocenters. The van der Waals surface area contributed by atoms with Crippen molar-refractivity contribution in [2.75, 3.05) is 6.61 Å². The number of nitrogens with zero attached hydrogens (tertiary/aromatic N) is 2. The Kier molecular flexibility index (Phi) is 3.64. The molecule has 0 bridgehead atoms. The molecule has 1 unspecified atom stereocenters. The first-order chi connectivity index (χ1) is 10.5. The topological polar surface area (TPSA) is 88.9 Å². The van der Waals surface area contributed by atoms with Crippen LogP contribution in [0.4, 0.5) is 5.69 Å². The van der Waals surface area contributed by atoms with E-state index in [-0.39, 0.29) is 28.6 Å². The molecule has 6 nitrogen and oxygen atoms in total. The highest BCUT2D eigenvalue weighted by molar-refractivity contribution is 6.47. The maximum absolute atomic E-state index is 12.6. The molecule has 22 heavy (non-hydrogen) atoms. The summed E-state index contributed by atoms with van der Waals surface area (Å²) in [5.74, 6) is -1.82. The predicted octanol–water partition coefficient (Wildman–Crippen LogP) is 2.65. The highest BCUT2D eigenvalue weighted by atomic mass is 35.5. The number of aliphatic carboxylic acids is 1. The number of hydrogen-bond acceptors (Lipinski definition) is 5. The Bertz CT molecular complexity index is 832. The fourth-order valence-corrected chi connectivity index (χ4v) is 2.73. The molecule has 0 fully saturated rings. The van der Waals surface area contributed by atoms with Gasteiger partial charge in [0.25, 0.3) is 0 Å². The van der Waals surface area contributed by atoms with Gasteiger partial charge in [-0.25, -0.2) is 9.79 Å². The lowest BCUT2D eigenvalue weighted by Crippen LogP contribution is -2.40. The van der Waals surface area contributed by atoms with Crippen molar-refractivity contribution in [3.05, 3.63) is 35.0 Å². The molecular formula is C15H11ClN2O4. The fourth-order valence-electron chi connectivity index (χ4n) is 2.43. The van der Waals surface area contributed by atoms with Gasteiger partial charge >= 0.3 is 5.97 Å². The quantitative estimate of drug-likeness (QED) is 0.939. The number of fused-ring (bicyclic) bond motifs is 3. The van der Waals surface area contributed by atoms with Crippen molar-refractivity contribution in [2.24, 2.45) is 4.99 Å². The number of carboxylic acids is 1. The number of ether oxygens (including phenoxy) is 1. The van der Waals surface area contributed by atoms with Crippen LogP contribution in [0.3, 0.4) is 0 Å². The van der Waals surface area contributed by atoms with Crippen LogP contribution in [0.5, 0.6) is 0 Å². The van der Waals surface area contributed by atoms with Gasteiger partial charge in [0.1, 0.15) is 5.69 Å². The zero-order chi connectivity index (χ0) is 15.9. The summed E-state index contributed by atoms with van der Waals surface area (Å²) < 4.78 is 5.25. The molecule has 0 amide bonds. The number of hydrogen-bond donors (Lipinski definition) is 1. The van der Waals surface area contributed by atoms with Crippen molar-refractivity contribution in [3.8, 4) is 0 Å². The van der Waals surface area contributed by atoms with Gasteiger partial charge in [0, 0.05) is 18.2 Å². The van der Waals surface area contributed by atoms with E-state index >= 15 is 0 Å². The molecule has 1 aliphatic rings. The second-order valence-electron chi connectivity index (χ2n) is 4.66. The number of pyridine rings is 1. The van der Waals surface area contributed by atoms with Crippen LogP contribution >= 0.6 is 11.6 Å². The average molecular weight is 319 g/mol. The van der Waals surface area contributed by atoms with Crippen LogP contribution in [-0.2, 0) is 9.53 Å². The van der Waals surface area contributed by atoms with Gasteiger partial charge in [-0.15, -0.1) is 0 Å². The first-order valence-electron chi connectivity index (χ1n) is 6.59. The molecule has 2 aromatic rings. The third-order valence-corrected chi connectivity index (χ3v) is 3.64. The number of rotatable bonds is 3. The number of aliphatic imine (C=N–C) groups is 1. The van der Waals surface area contributed by atoms with E-state index in [1.54, 1.807) is 31.3 Å². The molecule has 0 saturated heterocycles. The Morgan fingerprint density at radius 3 is 2.95 bits per heavy atom. The molecule has 0 aliphatic carbocycles. The van der Waals surface area contributed by atoms with E-state index in [0.717, 1.165) is 0 Å². The van der Waals surface area contributed by atoms with Crippen LogP contribution in [-0.4, -0.2) is 40.3 Å². The Balaban J connectivity index is 2.35. The van der Waals surface area contributed by atoms with Gasteiger partial charge in [-0.3, -0.25) is 9.78 Å². The molecule has 112 valence electrons. The largest absolute Gasteiger partial charge is 0.477 e. The maximum atomic E-state index is 12.6.